The summed E-state index contributed by atoms with van der Waals surface area (Å²) in [4.78, 5) is -0.553. The summed E-state index contributed by atoms with van der Waals surface area (Å²) in [6.07, 6.45) is 0. The number of alkyl halides is 1. The van der Waals surface area contributed by atoms with Crippen molar-refractivity contribution in [2.75, 3.05) is 0 Å². The fourth-order valence-corrected chi connectivity index (χ4v) is 3.14. The molecule has 0 aromatic heterocycles. The van der Waals surface area contributed by atoms with E-state index in [1.807, 2.05) is 0 Å². The second kappa shape index (κ2) is 5.45. The number of benzene rings is 2. The van der Waals surface area contributed by atoms with E-state index >= 15 is 0 Å². The quantitative estimate of drug-likeness (QED) is 0.617. The van der Waals surface area contributed by atoms with Crippen molar-refractivity contribution in [3.05, 3.63) is 69.4 Å². The molecule has 0 amide bonds. The van der Waals surface area contributed by atoms with Gasteiger partial charge >= 0.3 is 0 Å². The Kier molecular flexibility index (Phi) is 4.12. The number of halogens is 5. The monoisotopic (exact) mass is 378 g/mol. The van der Waals surface area contributed by atoms with Crippen molar-refractivity contribution in [2.24, 2.45) is 0 Å². The SMILES string of the molecule is Fc1ccc(C(Br)c2cccc(F)c2Br)c(F)c1. The molecule has 0 aliphatic rings. The minimum Gasteiger partial charge on any atom is -0.207 e. The van der Waals surface area contributed by atoms with Crippen LogP contribution < -0.4 is 0 Å². The average Bonchev–Trinajstić information content (AvgIpc) is 2.32. The Morgan fingerprint density at radius 3 is 2.28 bits per heavy atom. The first-order valence-corrected chi connectivity index (χ1v) is 6.74. The Morgan fingerprint density at radius 2 is 1.61 bits per heavy atom. The highest BCUT2D eigenvalue weighted by atomic mass is 79.9. The molecular formula is C13H7Br2F3. The number of hydrogen-bond acceptors (Lipinski definition) is 0. The predicted molar refractivity (Wildman–Crippen MR) is 71.2 cm³/mol. The van der Waals surface area contributed by atoms with Crippen LogP contribution in [-0.4, -0.2) is 0 Å². The Labute approximate surface area is 119 Å². The van der Waals surface area contributed by atoms with Crippen molar-refractivity contribution < 1.29 is 13.2 Å². The molecule has 2 aromatic rings. The van der Waals surface area contributed by atoms with Crippen LogP contribution >= 0.6 is 31.9 Å². The van der Waals surface area contributed by atoms with Crippen molar-refractivity contribution in [1.82, 2.24) is 0 Å². The van der Waals surface area contributed by atoms with E-state index in [1.54, 1.807) is 6.07 Å². The molecule has 2 rings (SSSR count). The van der Waals surface area contributed by atoms with Gasteiger partial charge in [0.25, 0.3) is 0 Å². The number of hydrogen-bond donors (Lipinski definition) is 0. The molecule has 0 aliphatic heterocycles. The van der Waals surface area contributed by atoms with Crippen LogP contribution in [0.3, 0.4) is 0 Å². The molecule has 0 radical (unpaired) electrons. The van der Waals surface area contributed by atoms with Crippen LogP contribution in [0.5, 0.6) is 0 Å². The van der Waals surface area contributed by atoms with Crippen LogP contribution in [0, 0.1) is 17.5 Å². The lowest BCUT2D eigenvalue weighted by Crippen LogP contribution is -1.99. The molecule has 0 aliphatic carbocycles. The van der Waals surface area contributed by atoms with Crippen molar-refractivity contribution in [3.63, 3.8) is 0 Å². The highest BCUT2D eigenvalue weighted by molar-refractivity contribution is 9.11. The smallest absolute Gasteiger partial charge is 0.137 e. The molecular weight excluding hydrogens is 373 g/mol. The summed E-state index contributed by atoms with van der Waals surface area (Å²) < 4.78 is 40.1. The first-order chi connectivity index (χ1) is 8.50. The molecule has 1 atom stereocenters. The summed E-state index contributed by atoms with van der Waals surface area (Å²) >= 11 is 6.41. The highest BCUT2D eigenvalue weighted by Gasteiger charge is 2.19. The Morgan fingerprint density at radius 1 is 0.889 bits per heavy atom. The maximum atomic E-state index is 13.6. The van der Waals surface area contributed by atoms with Gasteiger partial charge in [0.2, 0.25) is 0 Å². The molecule has 0 heterocycles. The van der Waals surface area contributed by atoms with Crippen molar-refractivity contribution >= 4 is 31.9 Å². The van der Waals surface area contributed by atoms with E-state index in [-0.39, 0.29) is 10.0 Å². The normalized spacial score (nSPS) is 12.5. The van der Waals surface area contributed by atoms with E-state index < -0.39 is 22.3 Å². The summed E-state index contributed by atoms with van der Waals surface area (Å²) in [5, 5.41) is 0. The average molecular weight is 380 g/mol. The molecule has 2 aromatic carbocycles. The molecule has 0 nitrogen and oxygen atoms in total. The Balaban J connectivity index is 2.48. The van der Waals surface area contributed by atoms with Gasteiger partial charge in [-0.3, -0.25) is 0 Å². The zero-order valence-corrected chi connectivity index (χ0v) is 12.1. The zero-order valence-electron chi connectivity index (χ0n) is 8.93. The van der Waals surface area contributed by atoms with Crippen molar-refractivity contribution in [1.29, 1.82) is 0 Å². The molecule has 18 heavy (non-hydrogen) atoms. The molecule has 0 saturated heterocycles. The van der Waals surface area contributed by atoms with Gasteiger partial charge in [-0.2, -0.15) is 0 Å². The van der Waals surface area contributed by atoms with Gasteiger partial charge in [-0.1, -0.05) is 34.1 Å². The fourth-order valence-electron chi connectivity index (χ4n) is 1.59. The maximum absolute atomic E-state index is 13.6. The van der Waals surface area contributed by atoms with E-state index in [9.17, 15) is 13.2 Å². The van der Waals surface area contributed by atoms with Gasteiger partial charge in [-0.05, 0) is 33.6 Å². The van der Waals surface area contributed by atoms with Crippen LogP contribution in [0.4, 0.5) is 13.2 Å². The lowest BCUT2D eigenvalue weighted by Gasteiger charge is -2.14. The minimum atomic E-state index is -0.673. The molecule has 0 bridgehead atoms. The maximum Gasteiger partial charge on any atom is 0.137 e. The van der Waals surface area contributed by atoms with E-state index in [1.165, 1.54) is 24.3 Å². The molecule has 94 valence electrons. The van der Waals surface area contributed by atoms with Gasteiger partial charge in [0.15, 0.2) is 0 Å². The van der Waals surface area contributed by atoms with Crippen LogP contribution in [-0.2, 0) is 0 Å². The van der Waals surface area contributed by atoms with Crippen LogP contribution in [0.15, 0.2) is 40.9 Å². The fraction of sp³-hybridized carbons (Fsp3) is 0.0769. The largest absolute Gasteiger partial charge is 0.207 e. The van der Waals surface area contributed by atoms with Gasteiger partial charge in [0, 0.05) is 11.6 Å². The van der Waals surface area contributed by atoms with Gasteiger partial charge in [-0.25, -0.2) is 13.2 Å². The van der Waals surface area contributed by atoms with E-state index in [0.717, 1.165) is 6.07 Å². The van der Waals surface area contributed by atoms with E-state index in [2.05, 4.69) is 31.9 Å². The first-order valence-electron chi connectivity index (χ1n) is 5.03. The third kappa shape index (κ3) is 2.62. The van der Waals surface area contributed by atoms with E-state index in [0.29, 0.717) is 5.56 Å². The lowest BCUT2D eigenvalue weighted by atomic mass is 10.0. The summed E-state index contributed by atoms with van der Waals surface area (Å²) in [5.41, 5.74) is 0.795. The summed E-state index contributed by atoms with van der Waals surface area (Å²) in [6, 6.07) is 7.80. The summed E-state index contributed by atoms with van der Waals surface area (Å²) in [5.74, 6) is -1.75. The topological polar surface area (TPSA) is 0 Å². The Bertz CT molecular complexity index is 584. The second-order valence-corrected chi connectivity index (χ2v) is 5.38. The van der Waals surface area contributed by atoms with Crippen molar-refractivity contribution in [2.45, 2.75) is 4.83 Å². The molecule has 0 N–H and O–H groups in total. The van der Waals surface area contributed by atoms with Gasteiger partial charge < -0.3 is 0 Å². The number of rotatable bonds is 2. The predicted octanol–water partition coefficient (Wildman–Crippen LogP) is 5.35. The minimum absolute atomic E-state index is 0.253. The molecule has 0 saturated carbocycles. The molecule has 1 unspecified atom stereocenters. The van der Waals surface area contributed by atoms with Gasteiger partial charge in [0.05, 0.1) is 9.30 Å². The standard InChI is InChI=1S/C13H7Br2F3/c14-12(8-5-4-7(16)6-11(8)18)9-2-1-3-10(17)13(9)15/h1-6,12H. The zero-order chi connectivity index (χ0) is 13.3. The van der Waals surface area contributed by atoms with Crippen LogP contribution in [0.2, 0.25) is 0 Å². The lowest BCUT2D eigenvalue weighted by molar-refractivity contribution is 0.573. The van der Waals surface area contributed by atoms with Crippen molar-refractivity contribution in [3.8, 4) is 0 Å². The molecule has 0 spiro atoms. The summed E-state index contributed by atoms with van der Waals surface area (Å²) in [7, 11) is 0. The summed E-state index contributed by atoms with van der Waals surface area (Å²) in [6.45, 7) is 0. The van der Waals surface area contributed by atoms with E-state index in [4.69, 9.17) is 0 Å². The molecule has 0 fully saturated rings. The van der Waals surface area contributed by atoms with Crippen LogP contribution in [0.25, 0.3) is 0 Å². The molecule has 5 heteroatoms. The highest BCUT2D eigenvalue weighted by Crippen LogP contribution is 2.37. The third-order valence-electron chi connectivity index (χ3n) is 2.49. The van der Waals surface area contributed by atoms with Gasteiger partial charge in [-0.15, -0.1) is 0 Å². The second-order valence-electron chi connectivity index (χ2n) is 3.67. The van der Waals surface area contributed by atoms with Gasteiger partial charge in [0.1, 0.15) is 17.5 Å². The first kappa shape index (κ1) is 13.6. The Hall–Kier alpha value is -0.810. The van der Waals surface area contributed by atoms with Crippen LogP contribution in [0.1, 0.15) is 16.0 Å². The third-order valence-corrected chi connectivity index (χ3v) is 4.31.